The standard InChI is InChI=1S/C24H24N2O4/c1-16-15-26(24(29)25-23(16)28)14-8-2-3-11-19(27)22-17-9-4-6-12-20(17)30-21-13-7-5-10-18(21)22/h4-7,9-10,12-13,15,22H,2-3,8,11,14H2,1H3,(H,25,28,29). The van der Waals surface area contributed by atoms with Crippen LogP contribution in [0.25, 0.3) is 0 Å². The van der Waals surface area contributed by atoms with Crippen LogP contribution in [0.4, 0.5) is 0 Å². The molecule has 1 aromatic heterocycles. The number of aryl methyl sites for hydroxylation is 2. The molecule has 0 saturated carbocycles. The van der Waals surface area contributed by atoms with Gasteiger partial charge >= 0.3 is 5.69 Å². The summed E-state index contributed by atoms with van der Waals surface area (Å²) in [6.07, 6.45) is 4.38. The van der Waals surface area contributed by atoms with Crippen molar-refractivity contribution < 1.29 is 9.53 Å². The highest BCUT2D eigenvalue weighted by molar-refractivity contribution is 5.91. The molecule has 3 aromatic rings. The number of fused-ring (bicyclic) bond motifs is 2. The molecule has 0 radical (unpaired) electrons. The number of aromatic amines is 1. The van der Waals surface area contributed by atoms with Crippen molar-refractivity contribution in [2.75, 3.05) is 0 Å². The summed E-state index contributed by atoms with van der Waals surface area (Å²) in [6, 6.07) is 15.4. The number of hydrogen-bond donors (Lipinski definition) is 1. The Morgan fingerprint density at radius 3 is 2.27 bits per heavy atom. The first-order valence-corrected chi connectivity index (χ1v) is 10.2. The Bertz CT molecular complexity index is 1150. The topological polar surface area (TPSA) is 81.2 Å². The fourth-order valence-electron chi connectivity index (χ4n) is 3.94. The van der Waals surface area contributed by atoms with E-state index in [2.05, 4.69) is 4.98 Å². The summed E-state index contributed by atoms with van der Waals surface area (Å²) in [5.74, 6) is 1.34. The Kier molecular flexibility index (Phi) is 5.65. The van der Waals surface area contributed by atoms with E-state index in [1.54, 1.807) is 13.1 Å². The first-order chi connectivity index (χ1) is 14.5. The number of nitrogens with one attached hydrogen (secondary N) is 1. The zero-order valence-corrected chi connectivity index (χ0v) is 16.9. The normalized spacial score (nSPS) is 12.7. The van der Waals surface area contributed by atoms with Gasteiger partial charge in [0.25, 0.3) is 5.56 Å². The number of ketones is 1. The van der Waals surface area contributed by atoms with Crippen LogP contribution in [0.1, 0.15) is 48.3 Å². The number of benzene rings is 2. The van der Waals surface area contributed by atoms with Gasteiger partial charge in [0.2, 0.25) is 0 Å². The number of ether oxygens (including phenoxy) is 1. The highest BCUT2D eigenvalue weighted by Gasteiger charge is 2.31. The maximum Gasteiger partial charge on any atom is 0.328 e. The Balaban J connectivity index is 1.39. The molecule has 0 unspecified atom stereocenters. The van der Waals surface area contributed by atoms with Crippen LogP contribution in [-0.4, -0.2) is 15.3 Å². The summed E-state index contributed by atoms with van der Waals surface area (Å²) >= 11 is 0. The maximum absolute atomic E-state index is 13.1. The smallest absolute Gasteiger partial charge is 0.328 e. The molecular weight excluding hydrogens is 380 g/mol. The van der Waals surface area contributed by atoms with E-state index in [-0.39, 0.29) is 17.3 Å². The number of aromatic nitrogens is 2. The van der Waals surface area contributed by atoms with Gasteiger partial charge in [-0.2, -0.15) is 0 Å². The fourth-order valence-corrected chi connectivity index (χ4v) is 3.94. The van der Waals surface area contributed by atoms with Crippen molar-refractivity contribution in [3.63, 3.8) is 0 Å². The van der Waals surface area contributed by atoms with Gasteiger partial charge in [-0.05, 0) is 31.9 Å². The van der Waals surface area contributed by atoms with Crippen LogP contribution < -0.4 is 16.0 Å². The highest BCUT2D eigenvalue weighted by Crippen LogP contribution is 2.44. The summed E-state index contributed by atoms with van der Waals surface area (Å²) in [7, 11) is 0. The molecule has 1 N–H and O–H groups in total. The number of unbranched alkanes of at least 4 members (excludes halogenated alkanes) is 2. The first-order valence-electron chi connectivity index (χ1n) is 10.2. The highest BCUT2D eigenvalue weighted by atomic mass is 16.5. The number of nitrogens with zero attached hydrogens (tertiary/aromatic N) is 1. The van der Waals surface area contributed by atoms with Crippen LogP contribution in [0, 0.1) is 6.92 Å². The minimum absolute atomic E-state index is 0.176. The molecule has 0 fully saturated rings. The lowest BCUT2D eigenvalue weighted by molar-refractivity contribution is -0.119. The average molecular weight is 404 g/mol. The van der Waals surface area contributed by atoms with Crippen LogP contribution in [0.5, 0.6) is 11.5 Å². The zero-order chi connectivity index (χ0) is 21.1. The van der Waals surface area contributed by atoms with Crippen molar-refractivity contribution in [2.24, 2.45) is 0 Å². The molecule has 6 heteroatoms. The Morgan fingerprint density at radius 2 is 1.60 bits per heavy atom. The molecule has 1 aliphatic heterocycles. The Morgan fingerprint density at radius 1 is 0.967 bits per heavy atom. The van der Waals surface area contributed by atoms with Gasteiger partial charge in [0.05, 0.1) is 5.92 Å². The van der Waals surface area contributed by atoms with Gasteiger partial charge in [0.15, 0.2) is 0 Å². The monoisotopic (exact) mass is 404 g/mol. The number of para-hydroxylation sites is 2. The van der Waals surface area contributed by atoms with Crippen molar-refractivity contribution in [1.82, 2.24) is 9.55 Å². The number of carbonyl (C=O) groups excluding carboxylic acids is 1. The lowest BCUT2D eigenvalue weighted by Gasteiger charge is -2.27. The van der Waals surface area contributed by atoms with E-state index < -0.39 is 5.69 Å². The third-order valence-electron chi connectivity index (χ3n) is 5.51. The van der Waals surface area contributed by atoms with Crippen LogP contribution in [0.3, 0.4) is 0 Å². The summed E-state index contributed by atoms with van der Waals surface area (Å²) < 4.78 is 7.49. The van der Waals surface area contributed by atoms with Crippen LogP contribution >= 0.6 is 0 Å². The molecule has 0 bridgehead atoms. The van der Waals surface area contributed by atoms with Crippen molar-refractivity contribution in [2.45, 2.75) is 45.1 Å². The molecule has 6 nitrogen and oxygen atoms in total. The summed E-state index contributed by atoms with van der Waals surface area (Å²) in [5.41, 5.74) is 1.60. The zero-order valence-electron chi connectivity index (χ0n) is 16.9. The van der Waals surface area contributed by atoms with E-state index in [0.717, 1.165) is 41.9 Å². The maximum atomic E-state index is 13.1. The number of Topliss-reactive ketones (excluding diaryl/α,β-unsaturated/α-hetero) is 1. The summed E-state index contributed by atoms with van der Waals surface area (Å²) in [4.78, 5) is 38.8. The van der Waals surface area contributed by atoms with E-state index >= 15 is 0 Å². The predicted octanol–water partition coefficient (Wildman–Crippen LogP) is 3.91. The molecule has 2 heterocycles. The van der Waals surface area contributed by atoms with Crippen LogP contribution in [-0.2, 0) is 11.3 Å². The predicted molar refractivity (Wildman–Crippen MR) is 114 cm³/mol. The minimum Gasteiger partial charge on any atom is -0.457 e. The second-order valence-corrected chi connectivity index (χ2v) is 7.65. The van der Waals surface area contributed by atoms with E-state index in [9.17, 15) is 14.4 Å². The van der Waals surface area contributed by atoms with Crippen molar-refractivity contribution in [3.8, 4) is 11.5 Å². The van der Waals surface area contributed by atoms with Gasteiger partial charge in [0, 0.05) is 35.9 Å². The lowest BCUT2D eigenvalue weighted by atomic mass is 9.83. The molecule has 154 valence electrons. The molecule has 30 heavy (non-hydrogen) atoms. The Hall–Kier alpha value is -3.41. The number of hydrogen-bond acceptors (Lipinski definition) is 4. The molecule has 0 saturated heterocycles. The average Bonchev–Trinajstić information content (AvgIpc) is 2.75. The van der Waals surface area contributed by atoms with Crippen molar-refractivity contribution in [3.05, 3.63) is 92.3 Å². The molecule has 4 rings (SSSR count). The largest absolute Gasteiger partial charge is 0.457 e. The molecule has 0 amide bonds. The molecule has 2 aromatic carbocycles. The molecular formula is C24H24N2O4. The molecule has 0 aliphatic carbocycles. The number of carbonyl (C=O) groups is 1. The summed E-state index contributed by atoms with van der Waals surface area (Å²) in [6.45, 7) is 2.20. The van der Waals surface area contributed by atoms with E-state index in [1.807, 2.05) is 48.5 Å². The number of H-pyrrole nitrogens is 1. The van der Waals surface area contributed by atoms with Gasteiger partial charge in [-0.25, -0.2) is 4.79 Å². The number of rotatable bonds is 7. The fraction of sp³-hybridized carbons (Fsp3) is 0.292. The molecule has 0 atom stereocenters. The summed E-state index contributed by atoms with van der Waals surface area (Å²) in [5, 5.41) is 0. The second-order valence-electron chi connectivity index (χ2n) is 7.65. The first kappa shape index (κ1) is 19.9. The molecule has 0 spiro atoms. The SMILES string of the molecule is Cc1cn(CCCCCC(=O)C2c3ccccc3Oc3ccccc32)c(=O)[nH]c1=O. The Labute approximate surface area is 174 Å². The van der Waals surface area contributed by atoms with Crippen molar-refractivity contribution in [1.29, 1.82) is 0 Å². The van der Waals surface area contributed by atoms with Crippen LogP contribution in [0.2, 0.25) is 0 Å². The van der Waals surface area contributed by atoms with E-state index in [1.165, 1.54) is 4.57 Å². The quantitative estimate of drug-likeness (QED) is 0.606. The van der Waals surface area contributed by atoms with Gasteiger partial charge in [-0.3, -0.25) is 14.6 Å². The van der Waals surface area contributed by atoms with Gasteiger partial charge in [-0.1, -0.05) is 42.8 Å². The third kappa shape index (κ3) is 3.99. The second kappa shape index (κ2) is 8.53. The minimum atomic E-state index is -0.392. The third-order valence-corrected chi connectivity index (χ3v) is 5.51. The van der Waals surface area contributed by atoms with Gasteiger partial charge < -0.3 is 9.30 Å². The van der Waals surface area contributed by atoms with E-state index in [4.69, 9.17) is 4.74 Å². The van der Waals surface area contributed by atoms with E-state index in [0.29, 0.717) is 18.5 Å². The van der Waals surface area contributed by atoms with Gasteiger partial charge in [-0.15, -0.1) is 0 Å². The van der Waals surface area contributed by atoms with Crippen molar-refractivity contribution >= 4 is 5.78 Å². The lowest BCUT2D eigenvalue weighted by Crippen LogP contribution is -2.30. The van der Waals surface area contributed by atoms with Crippen LogP contribution in [0.15, 0.2) is 64.3 Å². The van der Waals surface area contributed by atoms with Gasteiger partial charge in [0.1, 0.15) is 17.3 Å². The molecule has 1 aliphatic rings.